The molecule has 7 aromatic rings. The highest BCUT2D eigenvalue weighted by Crippen LogP contribution is 2.34. The molecule has 280 valence electrons. The first kappa shape index (κ1) is 36.6. The van der Waals surface area contributed by atoms with Crippen molar-refractivity contribution in [2.45, 2.75) is 33.0 Å². The maximum atomic E-state index is 13.8. The number of nitrogens with one attached hydrogen (secondary N) is 2. The number of methoxy groups -OCH3 is 2. The molecule has 7 rings (SSSR count). The molecule has 0 saturated carbocycles. The molecule has 2 amide bonds. The van der Waals surface area contributed by atoms with E-state index in [1.54, 1.807) is 24.3 Å². The second-order valence-corrected chi connectivity index (χ2v) is 13.1. The third-order valence-corrected chi connectivity index (χ3v) is 9.55. The van der Waals surface area contributed by atoms with Gasteiger partial charge in [0.2, 0.25) is 0 Å². The normalized spacial score (nSPS) is 11.3. The topological polar surface area (TPSA) is 146 Å². The van der Waals surface area contributed by atoms with Crippen molar-refractivity contribution in [2.75, 3.05) is 31.4 Å². The SMILES string of the molecule is CCn1cncc1CN(CCc1ccc(NC(=O)c2cc(OC)c(OC)cc2NC(=O)c2cc(=O)c3ccccc3o2)cc1)Cc1ccc2cnn(C)c2c1. The van der Waals surface area contributed by atoms with Gasteiger partial charge in [-0.05, 0) is 60.9 Å². The highest BCUT2D eigenvalue weighted by atomic mass is 16.5. The van der Waals surface area contributed by atoms with Crippen LogP contribution in [-0.4, -0.2) is 56.8 Å². The van der Waals surface area contributed by atoms with Crippen LogP contribution >= 0.6 is 0 Å². The van der Waals surface area contributed by atoms with Crippen molar-refractivity contribution in [2.24, 2.45) is 7.05 Å². The van der Waals surface area contributed by atoms with Crippen LogP contribution < -0.4 is 25.5 Å². The third kappa shape index (κ3) is 8.11. The zero-order chi connectivity index (χ0) is 38.5. The van der Waals surface area contributed by atoms with Crippen LogP contribution in [0.15, 0.2) is 113 Å². The Morgan fingerprint density at radius 3 is 2.40 bits per heavy atom. The van der Waals surface area contributed by atoms with E-state index in [1.807, 2.05) is 54.7 Å². The second kappa shape index (κ2) is 16.1. The molecule has 3 heterocycles. The monoisotopic (exact) mass is 739 g/mol. The molecule has 0 radical (unpaired) electrons. The van der Waals surface area contributed by atoms with Gasteiger partial charge in [-0.3, -0.25) is 24.0 Å². The van der Waals surface area contributed by atoms with Crippen LogP contribution in [0.5, 0.6) is 11.5 Å². The van der Waals surface area contributed by atoms with Gasteiger partial charge in [0.1, 0.15) is 5.58 Å². The number of para-hydroxylation sites is 1. The van der Waals surface area contributed by atoms with Gasteiger partial charge in [0.05, 0.1) is 54.6 Å². The number of benzene rings is 4. The number of hydrogen-bond acceptors (Lipinski definition) is 9. The number of anilines is 2. The number of carbonyl (C=O) groups is 2. The van der Waals surface area contributed by atoms with Gasteiger partial charge in [0.15, 0.2) is 22.7 Å². The Morgan fingerprint density at radius 1 is 0.855 bits per heavy atom. The molecule has 0 bridgehead atoms. The standard InChI is InChI=1S/C42H41N7O6/c1-5-49-26-43-23-31(49)25-48(24-28-10-13-29-22-44-47(2)35(29)18-28)17-16-27-11-14-30(15-12-27)45-41(51)33-19-38(53-3)39(54-4)20-34(33)46-42(52)40-21-36(50)32-8-6-7-9-37(32)55-40/h6-15,18-23,26H,5,16-17,24-25H2,1-4H3,(H,45,51)(H,46,52). The summed E-state index contributed by atoms with van der Waals surface area (Å²) >= 11 is 0. The van der Waals surface area contributed by atoms with E-state index >= 15 is 0 Å². The molecule has 4 aromatic carbocycles. The Balaban J connectivity index is 1.06. The van der Waals surface area contributed by atoms with Crippen LogP contribution in [0.3, 0.4) is 0 Å². The molecule has 0 aliphatic heterocycles. The summed E-state index contributed by atoms with van der Waals surface area (Å²) in [6, 6.07) is 24.9. The van der Waals surface area contributed by atoms with Crippen molar-refractivity contribution in [1.82, 2.24) is 24.2 Å². The first-order chi connectivity index (χ1) is 26.7. The largest absolute Gasteiger partial charge is 0.493 e. The number of carbonyl (C=O) groups excluding carboxylic acids is 2. The van der Waals surface area contributed by atoms with Crippen molar-refractivity contribution in [3.05, 3.63) is 142 Å². The number of aromatic nitrogens is 4. The van der Waals surface area contributed by atoms with E-state index in [2.05, 4.69) is 55.3 Å². The van der Waals surface area contributed by atoms with Gasteiger partial charge in [0, 0.05) is 62.6 Å². The van der Waals surface area contributed by atoms with E-state index in [-0.39, 0.29) is 28.0 Å². The van der Waals surface area contributed by atoms with E-state index in [0.29, 0.717) is 22.6 Å². The minimum Gasteiger partial charge on any atom is -0.493 e. The van der Waals surface area contributed by atoms with E-state index in [1.165, 1.54) is 31.9 Å². The second-order valence-electron chi connectivity index (χ2n) is 13.1. The van der Waals surface area contributed by atoms with Gasteiger partial charge < -0.3 is 29.1 Å². The minimum absolute atomic E-state index is 0.115. The van der Waals surface area contributed by atoms with Crippen molar-refractivity contribution in [3.63, 3.8) is 0 Å². The predicted octanol–water partition coefficient (Wildman–Crippen LogP) is 6.66. The molecule has 13 heteroatoms. The zero-order valence-electron chi connectivity index (χ0n) is 31.0. The molecular formula is C42H41N7O6. The molecule has 0 unspecified atom stereocenters. The third-order valence-electron chi connectivity index (χ3n) is 9.55. The van der Waals surface area contributed by atoms with Crippen molar-refractivity contribution < 1.29 is 23.5 Å². The number of imidazole rings is 1. The lowest BCUT2D eigenvalue weighted by Gasteiger charge is -2.23. The van der Waals surface area contributed by atoms with Crippen LogP contribution in [-0.2, 0) is 33.1 Å². The van der Waals surface area contributed by atoms with E-state index in [9.17, 15) is 14.4 Å². The number of fused-ring (bicyclic) bond motifs is 2. The summed E-state index contributed by atoms with van der Waals surface area (Å²) < 4.78 is 20.7. The fourth-order valence-electron chi connectivity index (χ4n) is 6.56. The van der Waals surface area contributed by atoms with Crippen LogP contribution in [0.4, 0.5) is 11.4 Å². The summed E-state index contributed by atoms with van der Waals surface area (Å²) in [5, 5.41) is 11.5. The summed E-state index contributed by atoms with van der Waals surface area (Å²) in [6.07, 6.45) is 6.45. The van der Waals surface area contributed by atoms with Crippen molar-refractivity contribution in [1.29, 1.82) is 0 Å². The molecule has 55 heavy (non-hydrogen) atoms. The Morgan fingerprint density at radius 2 is 1.62 bits per heavy atom. The summed E-state index contributed by atoms with van der Waals surface area (Å²) in [5.41, 5.74) is 5.27. The maximum absolute atomic E-state index is 13.8. The Labute approximate surface area is 317 Å². The van der Waals surface area contributed by atoms with Gasteiger partial charge in [-0.1, -0.05) is 36.4 Å². The Bertz CT molecular complexity index is 2550. The molecule has 0 aliphatic rings. The molecule has 2 N–H and O–H groups in total. The van der Waals surface area contributed by atoms with Crippen LogP contribution in [0.25, 0.3) is 21.9 Å². The number of rotatable bonds is 14. The predicted molar refractivity (Wildman–Crippen MR) is 211 cm³/mol. The van der Waals surface area contributed by atoms with Gasteiger partial charge in [-0.25, -0.2) is 4.98 Å². The quantitative estimate of drug-likeness (QED) is 0.125. The maximum Gasteiger partial charge on any atom is 0.291 e. The molecule has 0 spiro atoms. The zero-order valence-corrected chi connectivity index (χ0v) is 31.0. The van der Waals surface area contributed by atoms with E-state index < -0.39 is 11.8 Å². The number of nitrogens with zero attached hydrogens (tertiary/aromatic N) is 5. The molecular weight excluding hydrogens is 699 g/mol. The van der Waals surface area contributed by atoms with Gasteiger partial charge in [0.25, 0.3) is 11.8 Å². The average molecular weight is 740 g/mol. The summed E-state index contributed by atoms with van der Waals surface area (Å²) in [7, 11) is 4.86. The first-order valence-electron chi connectivity index (χ1n) is 17.9. The van der Waals surface area contributed by atoms with Crippen LogP contribution in [0, 0.1) is 0 Å². The average Bonchev–Trinajstić information content (AvgIpc) is 3.82. The molecule has 13 nitrogen and oxygen atoms in total. The summed E-state index contributed by atoms with van der Waals surface area (Å²) in [6.45, 7) is 5.23. The highest BCUT2D eigenvalue weighted by molar-refractivity contribution is 6.12. The number of hydrogen-bond donors (Lipinski definition) is 2. The summed E-state index contributed by atoms with van der Waals surface area (Å²) in [5.74, 6) is -0.814. The lowest BCUT2D eigenvalue weighted by Crippen LogP contribution is -2.26. The van der Waals surface area contributed by atoms with Gasteiger partial charge in [-0.15, -0.1) is 0 Å². The smallest absolute Gasteiger partial charge is 0.291 e. The highest BCUT2D eigenvalue weighted by Gasteiger charge is 2.21. The molecule has 0 fully saturated rings. The van der Waals surface area contributed by atoms with Crippen molar-refractivity contribution in [3.8, 4) is 11.5 Å². The Hall–Kier alpha value is -6.73. The van der Waals surface area contributed by atoms with E-state index in [0.717, 1.165) is 60.8 Å². The molecule has 3 aromatic heterocycles. The number of amides is 2. The van der Waals surface area contributed by atoms with E-state index in [4.69, 9.17) is 13.9 Å². The lowest BCUT2D eigenvalue weighted by atomic mass is 10.1. The Kier molecular flexibility index (Phi) is 10.7. The number of aryl methyl sites for hydroxylation is 2. The number of ether oxygens (including phenoxy) is 2. The molecule has 0 atom stereocenters. The van der Waals surface area contributed by atoms with Crippen LogP contribution in [0.2, 0.25) is 0 Å². The summed E-state index contributed by atoms with van der Waals surface area (Å²) in [4.78, 5) is 46.6. The fraction of sp³-hybridized carbons (Fsp3) is 0.214. The van der Waals surface area contributed by atoms with Gasteiger partial charge in [-0.2, -0.15) is 5.10 Å². The minimum atomic E-state index is -0.709. The van der Waals surface area contributed by atoms with Crippen molar-refractivity contribution >= 4 is 45.1 Å². The van der Waals surface area contributed by atoms with Crippen LogP contribution in [0.1, 0.15) is 44.7 Å². The first-order valence-corrected chi connectivity index (χ1v) is 17.9. The fourth-order valence-corrected chi connectivity index (χ4v) is 6.56. The van der Waals surface area contributed by atoms with Gasteiger partial charge >= 0.3 is 0 Å². The molecule has 0 aliphatic carbocycles. The molecule has 0 saturated heterocycles. The lowest BCUT2D eigenvalue weighted by molar-refractivity contribution is 0.0997.